The van der Waals surface area contributed by atoms with Crippen LogP contribution in [0.25, 0.3) is 0 Å². The lowest BCUT2D eigenvalue weighted by atomic mass is 10.2. The van der Waals surface area contributed by atoms with Crippen molar-refractivity contribution in [2.45, 2.75) is 24.6 Å². The normalized spacial score (nSPS) is 22.6. The third-order valence-electron chi connectivity index (χ3n) is 2.44. The lowest BCUT2D eigenvalue weighted by Gasteiger charge is -2.20. The van der Waals surface area contributed by atoms with E-state index in [2.05, 4.69) is 6.58 Å². The first kappa shape index (κ1) is 14.6. The number of nitrogens with zero attached hydrogens (tertiary/aromatic N) is 1. The van der Waals surface area contributed by atoms with Gasteiger partial charge in [0.25, 0.3) is 0 Å². The zero-order chi connectivity index (χ0) is 13.7. The molecule has 1 fully saturated rings. The second-order valence-corrected chi connectivity index (χ2v) is 5.32. The van der Waals surface area contributed by atoms with E-state index in [0.29, 0.717) is 0 Å². The van der Waals surface area contributed by atoms with Gasteiger partial charge >= 0.3 is 12.1 Å². The highest BCUT2D eigenvalue weighted by atomic mass is 32.2. The highest BCUT2D eigenvalue weighted by Crippen LogP contribution is 2.28. The highest BCUT2D eigenvalue weighted by molar-refractivity contribution is 8.14. The van der Waals surface area contributed by atoms with Gasteiger partial charge < -0.3 is 9.84 Å². The number of amides is 1. The van der Waals surface area contributed by atoms with Crippen LogP contribution in [0.2, 0.25) is 0 Å². The van der Waals surface area contributed by atoms with Crippen LogP contribution in [-0.2, 0) is 14.3 Å². The van der Waals surface area contributed by atoms with Crippen molar-refractivity contribution < 1.29 is 24.2 Å². The number of carboxylic acids is 1. The van der Waals surface area contributed by atoms with Gasteiger partial charge in [0, 0.05) is 18.7 Å². The first-order valence-electron chi connectivity index (χ1n) is 5.40. The van der Waals surface area contributed by atoms with E-state index in [1.165, 1.54) is 13.0 Å². The fourth-order valence-corrected chi connectivity index (χ4v) is 2.75. The Labute approximate surface area is 109 Å². The van der Waals surface area contributed by atoms with Crippen LogP contribution in [0, 0.1) is 0 Å². The van der Waals surface area contributed by atoms with Crippen LogP contribution in [0.5, 0.6) is 0 Å². The van der Waals surface area contributed by atoms with Gasteiger partial charge in [-0.1, -0.05) is 24.4 Å². The lowest BCUT2D eigenvalue weighted by Crippen LogP contribution is -2.40. The molecular weight excluding hydrogens is 258 g/mol. The molecule has 1 heterocycles. The van der Waals surface area contributed by atoms with E-state index in [9.17, 15) is 14.4 Å². The predicted molar refractivity (Wildman–Crippen MR) is 66.4 cm³/mol. The molecule has 1 aliphatic rings. The van der Waals surface area contributed by atoms with Crippen molar-refractivity contribution in [1.29, 1.82) is 0 Å². The maximum Gasteiger partial charge on any atom is 0.410 e. The molecule has 0 aromatic rings. The molecule has 0 aliphatic carbocycles. The maximum absolute atomic E-state index is 11.6. The van der Waals surface area contributed by atoms with E-state index in [-0.39, 0.29) is 29.9 Å². The third kappa shape index (κ3) is 3.76. The molecule has 7 heteroatoms. The van der Waals surface area contributed by atoms with E-state index in [1.54, 1.807) is 0 Å². The molecule has 1 aliphatic heterocycles. The molecule has 1 amide bonds. The van der Waals surface area contributed by atoms with Gasteiger partial charge in [-0.15, -0.1) is 0 Å². The van der Waals surface area contributed by atoms with Crippen LogP contribution in [0.1, 0.15) is 13.3 Å². The van der Waals surface area contributed by atoms with Gasteiger partial charge in [0.1, 0.15) is 12.6 Å². The van der Waals surface area contributed by atoms with E-state index in [0.717, 1.165) is 16.7 Å². The van der Waals surface area contributed by atoms with Gasteiger partial charge in [-0.25, -0.2) is 9.59 Å². The second kappa shape index (κ2) is 6.44. The van der Waals surface area contributed by atoms with Crippen LogP contribution >= 0.6 is 11.8 Å². The summed E-state index contributed by atoms with van der Waals surface area (Å²) in [5.74, 6) is -1.09. The second-order valence-electron chi connectivity index (χ2n) is 3.84. The summed E-state index contributed by atoms with van der Waals surface area (Å²) < 4.78 is 4.82. The average molecular weight is 273 g/mol. The zero-order valence-corrected chi connectivity index (χ0v) is 10.8. The number of thioether (sulfide) groups is 1. The largest absolute Gasteiger partial charge is 0.480 e. The molecule has 6 nitrogen and oxygen atoms in total. The Kier molecular flexibility index (Phi) is 5.21. The summed E-state index contributed by atoms with van der Waals surface area (Å²) in [6.45, 7) is 5.06. The number of aliphatic carboxylic acids is 1. The van der Waals surface area contributed by atoms with Gasteiger partial charge in [-0.3, -0.25) is 9.69 Å². The van der Waals surface area contributed by atoms with Crippen molar-refractivity contribution in [3.05, 3.63) is 12.7 Å². The SMILES string of the molecule is C=CCOC(=O)N1CC(SC(C)=O)CC1C(=O)O. The number of rotatable bonds is 4. The Morgan fingerprint density at radius 2 is 2.22 bits per heavy atom. The van der Waals surface area contributed by atoms with Crippen molar-refractivity contribution >= 4 is 28.9 Å². The van der Waals surface area contributed by atoms with Gasteiger partial charge in [0.2, 0.25) is 0 Å². The van der Waals surface area contributed by atoms with Crippen LogP contribution in [0.3, 0.4) is 0 Å². The van der Waals surface area contributed by atoms with Crippen LogP contribution < -0.4 is 0 Å². The molecule has 18 heavy (non-hydrogen) atoms. The minimum Gasteiger partial charge on any atom is -0.480 e. The van der Waals surface area contributed by atoms with Gasteiger partial charge in [-0.2, -0.15) is 0 Å². The highest BCUT2D eigenvalue weighted by Gasteiger charge is 2.41. The molecule has 2 unspecified atom stereocenters. The topological polar surface area (TPSA) is 83.9 Å². The molecular formula is C11H15NO5S. The third-order valence-corrected chi connectivity index (χ3v) is 3.45. The Bertz CT molecular complexity index is 370. The summed E-state index contributed by atoms with van der Waals surface area (Å²) in [6.07, 6.45) is 0.975. The average Bonchev–Trinajstić information content (AvgIpc) is 2.69. The number of hydrogen-bond donors (Lipinski definition) is 1. The fraction of sp³-hybridized carbons (Fsp3) is 0.545. The molecule has 1 N–H and O–H groups in total. The molecule has 0 aromatic heterocycles. The van der Waals surface area contributed by atoms with Crippen molar-refractivity contribution in [2.24, 2.45) is 0 Å². The van der Waals surface area contributed by atoms with Gasteiger partial charge in [-0.05, 0) is 6.42 Å². The monoisotopic (exact) mass is 273 g/mol. The quantitative estimate of drug-likeness (QED) is 0.773. The summed E-state index contributed by atoms with van der Waals surface area (Å²) in [6, 6.07) is -0.931. The van der Waals surface area contributed by atoms with Crippen molar-refractivity contribution in [3.63, 3.8) is 0 Å². The van der Waals surface area contributed by atoms with Gasteiger partial charge in [0.15, 0.2) is 5.12 Å². The molecule has 0 aromatic carbocycles. The number of carbonyl (C=O) groups excluding carboxylic acids is 2. The summed E-state index contributed by atoms with van der Waals surface area (Å²) in [5, 5.41) is 8.76. The van der Waals surface area contributed by atoms with E-state index in [1.807, 2.05) is 0 Å². The Morgan fingerprint density at radius 3 is 2.72 bits per heavy atom. The molecule has 0 bridgehead atoms. The Morgan fingerprint density at radius 1 is 1.56 bits per heavy atom. The summed E-state index contributed by atoms with van der Waals surface area (Å²) in [5.41, 5.74) is 0. The van der Waals surface area contributed by atoms with Crippen LogP contribution in [0.4, 0.5) is 4.79 Å². The number of hydrogen-bond acceptors (Lipinski definition) is 5. The summed E-state index contributed by atoms with van der Waals surface area (Å²) in [7, 11) is 0. The number of carbonyl (C=O) groups is 3. The molecule has 1 saturated heterocycles. The number of ether oxygens (including phenoxy) is 1. The fourth-order valence-electron chi connectivity index (χ4n) is 1.77. The van der Waals surface area contributed by atoms with E-state index in [4.69, 9.17) is 9.84 Å². The van der Waals surface area contributed by atoms with Gasteiger partial charge in [0.05, 0.1) is 0 Å². The molecule has 0 radical (unpaired) electrons. The van der Waals surface area contributed by atoms with Crippen LogP contribution in [-0.4, -0.2) is 51.6 Å². The van der Waals surface area contributed by atoms with Crippen LogP contribution in [0.15, 0.2) is 12.7 Å². The molecule has 0 spiro atoms. The lowest BCUT2D eigenvalue weighted by molar-refractivity contribution is -0.141. The zero-order valence-electron chi connectivity index (χ0n) is 10.00. The smallest absolute Gasteiger partial charge is 0.410 e. The Balaban J connectivity index is 2.68. The van der Waals surface area contributed by atoms with E-state index < -0.39 is 18.1 Å². The summed E-state index contributed by atoms with van der Waals surface area (Å²) >= 11 is 1.06. The molecule has 2 atom stereocenters. The molecule has 0 saturated carbocycles. The van der Waals surface area contributed by atoms with Crippen molar-refractivity contribution in [3.8, 4) is 0 Å². The minimum absolute atomic E-state index is 0.0339. The van der Waals surface area contributed by atoms with Crippen molar-refractivity contribution in [1.82, 2.24) is 4.90 Å². The first-order valence-corrected chi connectivity index (χ1v) is 6.28. The summed E-state index contributed by atoms with van der Waals surface area (Å²) in [4.78, 5) is 34.8. The number of likely N-dealkylation sites (tertiary alicyclic amines) is 1. The Hall–Kier alpha value is -1.50. The first-order chi connectivity index (χ1) is 8.45. The molecule has 1 rings (SSSR count). The minimum atomic E-state index is -1.09. The standard InChI is InChI=1S/C11H15NO5S/c1-3-4-17-11(16)12-6-8(18-7(2)13)5-9(12)10(14)15/h3,8-9H,1,4-6H2,2H3,(H,14,15). The van der Waals surface area contributed by atoms with E-state index >= 15 is 0 Å². The maximum atomic E-state index is 11.6. The predicted octanol–water partition coefficient (Wildman–Crippen LogP) is 1.12. The van der Waals surface area contributed by atoms with Crippen molar-refractivity contribution in [2.75, 3.05) is 13.2 Å². The number of carboxylic acid groups (broad SMARTS) is 1. The molecule has 100 valence electrons.